The molecule has 1 amide bonds. The van der Waals surface area contributed by atoms with E-state index in [9.17, 15) is 23.5 Å². The van der Waals surface area contributed by atoms with Crippen molar-refractivity contribution in [3.63, 3.8) is 0 Å². The van der Waals surface area contributed by atoms with Crippen LogP contribution in [0.25, 0.3) is 0 Å². The molecule has 0 unspecified atom stereocenters. The van der Waals surface area contributed by atoms with Crippen molar-refractivity contribution in [2.24, 2.45) is 5.41 Å². The van der Waals surface area contributed by atoms with E-state index in [-0.39, 0.29) is 5.69 Å². The number of carbonyl (C=O) groups is 2. The first-order valence-electron chi connectivity index (χ1n) is 5.15. The van der Waals surface area contributed by atoms with Crippen molar-refractivity contribution in [1.29, 1.82) is 0 Å². The maximum absolute atomic E-state index is 13.3. The number of amides is 1. The molecule has 0 aliphatic heterocycles. The molecular weight excluding hydrogens is 244 g/mol. The summed E-state index contributed by atoms with van der Waals surface area (Å²) in [5.74, 6) is -5.28. The lowest BCUT2D eigenvalue weighted by Crippen LogP contribution is -2.31. The van der Waals surface area contributed by atoms with Gasteiger partial charge in [-0.1, -0.05) is 20.8 Å². The van der Waals surface area contributed by atoms with E-state index in [1.165, 1.54) is 0 Å². The standard InChI is InChI=1S/C12H13F2NO3/c1-12(2,3)11(18)15-7-5-4-6(13)9(14)8(7)10(16)17/h4-5H,1-3H3,(H,15,18)(H,16,17)/p-1. The van der Waals surface area contributed by atoms with Crippen molar-refractivity contribution in [2.75, 3.05) is 5.32 Å². The molecule has 1 N–H and O–H groups in total. The summed E-state index contributed by atoms with van der Waals surface area (Å²) in [6.07, 6.45) is 0. The third kappa shape index (κ3) is 2.82. The van der Waals surface area contributed by atoms with E-state index in [1.807, 2.05) is 0 Å². The highest BCUT2D eigenvalue weighted by Gasteiger charge is 2.23. The second-order valence-corrected chi connectivity index (χ2v) is 4.78. The van der Waals surface area contributed by atoms with Crippen LogP contribution < -0.4 is 10.4 Å². The molecule has 0 aromatic heterocycles. The molecule has 6 heteroatoms. The Hall–Kier alpha value is -1.98. The summed E-state index contributed by atoms with van der Waals surface area (Å²) in [7, 11) is 0. The smallest absolute Gasteiger partial charge is 0.229 e. The van der Waals surface area contributed by atoms with Crippen molar-refractivity contribution in [1.82, 2.24) is 0 Å². The van der Waals surface area contributed by atoms with E-state index >= 15 is 0 Å². The van der Waals surface area contributed by atoms with Crippen LogP contribution in [0.1, 0.15) is 31.1 Å². The Kier molecular flexibility index (Phi) is 3.69. The van der Waals surface area contributed by atoms with Crippen LogP contribution in [0.2, 0.25) is 0 Å². The van der Waals surface area contributed by atoms with Gasteiger partial charge in [0.1, 0.15) is 0 Å². The van der Waals surface area contributed by atoms with E-state index in [0.29, 0.717) is 0 Å². The van der Waals surface area contributed by atoms with Crippen LogP contribution in [-0.4, -0.2) is 11.9 Å². The molecule has 4 nitrogen and oxygen atoms in total. The number of nitrogens with one attached hydrogen (secondary N) is 1. The summed E-state index contributed by atoms with van der Waals surface area (Å²) >= 11 is 0. The van der Waals surface area contributed by atoms with Crippen molar-refractivity contribution in [2.45, 2.75) is 20.8 Å². The molecule has 0 radical (unpaired) electrons. The summed E-state index contributed by atoms with van der Waals surface area (Å²) in [6.45, 7) is 4.79. The number of rotatable bonds is 2. The van der Waals surface area contributed by atoms with E-state index in [1.54, 1.807) is 20.8 Å². The Balaban J connectivity index is 3.22. The molecule has 0 aliphatic rings. The van der Waals surface area contributed by atoms with Gasteiger partial charge in [0.15, 0.2) is 11.6 Å². The highest BCUT2D eigenvalue weighted by Crippen LogP contribution is 2.23. The summed E-state index contributed by atoms with van der Waals surface area (Å²) in [6, 6.07) is 1.72. The fourth-order valence-electron chi connectivity index (χ4n) is 1.16. The van der Waals surface area contributed by atoms with Crippen molar-refractivity contribution >= 4 is 17.6 Å². The minimum atomic E-state index is -1.89. The molecule has 18 heavy (non-hydrogen) atoms. The van der Waals surface area contributed by atoms with Gasteiger partial charge < -0.3 is 15.2 Å². The number of anilines is 1. The van der Waals surface area contributed by atoms with Gasteiger partial charge in [-0.25, -0.2) is 8.78 Å². The zero-order chi connectivity index (χ0) is 14.1. The molecule has 0 atom stereocenters. The summed E-state index contributed by atoms with van der Waals surface area (Å²) in [5.41, 5.74) is -2.12. The highest BCUT2D eigenvalue weighted by atomic mass is 19.2. The SMILES string of the molecule is CC(C)(C)C(=O)Nc1ccc(F)c(F)c1C(=O)[O-]. The van der Waals surface area contributed by atoms with E-state index in [2.05, 4.69) is 5.32 Å². The molecule has 1 aromatic carbocycles. The Morgan fingerprint density at radius 2 is 1.78 bits per heavy atom. The van der Waals surface area contributed by atoms with Crippen LogP contribution in [0.4, 0.5) is 14.5 Å². The number of benzene rings is 1. The summed E-state index contributed by atoms with van der Waals surface area (Å²) in [5, 5.41) is 13.0. The minimum absolute atomic E-state index is 0.325. The third-order valence-corrected chi connectivity index (χ3v) is 2.23. The van der Waals surface area contributed by atoms with Gasteiger partial charge in [0, 0.05) is 5.41 Å². The van der Waals surface area contributed by atoms with E-state index in [4.69, 9.17) is 0 Å². The second-order valence-electron chi connectivity index (χ2n) is 4.78. The molecule has 98 valence electrons. The molecule has 0 spiro atoms. The van der Waals surface area contributed by atoms with Crippen LogP contribution >= 0.6 is 0 Å². The second kappa shape index (κ2) is 4.72. The van der Waals surface area contributed by atoms with Crippen LogP contribution in [0.3, 0.4) is 0 Å². The average Bonchev–Trinajstić information content (AvgIpc) is 2.21. The number of aromatic carboxylic acids is 1. The number of carboxylic acid groups (broad SMARTS) is 1. The average molecular weight is 256 g/mol. The van der Waals surface area contributed by atoms with Gasteiger partial charge in [-0.2, -0.15) is 0 Å². The quantitative estimate of drug-likeness (QED) is 0.867. The first kappa shape index (κ1) is 14.1. The zero-order valence-corrected chi connectivity index (χ0v) is 10.1. The van der Waals surface area contributed by atoms with Crippen LogP contribution in [0.15, 0.2) is 12.1 Å². The van der Waals surface area contributed by atoms with Crippen LogP contribution in [0.5, 0.6) is 0 Å². The van der Waals surface area contributed by atoms with Gasteiger partial charge in [-0.3, -0.25) is 4.79 Å². The third-order valence-electron chi connectivity index (χ3n) is 2.23. The number of hydrogen-bond acceptors (Lipinski definition) is 3. The number of carbonyl (C=O) groups excluding carboxylic acids is 2. The van der Waals surface area contributed by atoms with Crippen molar-refractivity contribution in [3.8, 4) is 0 Å². The lowest BCUT2D eigenvalue weighted by Gasteiger charge is -2.20. The fraction of sp³-hybridized carbons (Fsp3) is 0.333. The van der Waals surface area contributed by atoms with Gasteiger partial charge in [0.2, 0.25) is 5.91 Å². The van der Waals surface area contributed by atoms with Gasteiger partial charge in [0.25, 0.3) is 0 Å². The van der Waals surface area contributed by atoms with Gasteiger partial charge in [0.05, 0.1) is 17.2 Å². The largest absolute Gasteiger partial charge is 0.545 e. The Morgan fingerprint density at radius 1 is 1.22 bits per heavy atom. The fourth-order valence-corrected chi connectivity index (χ4v) is 1.16. The summed E-state index contributed by atoms with van der Waals surface area (Å²) in [4.78, 5) is 22.4. The lowest BCUT2D eigenvalue weighted by molar-refractivity contribution is -0.255. The topological polar surface area (TPSA) is 69.2 Å². The van der Waals surface area contributed by atoms with Gasteiger partial charge >= 0.3 is 0 Å². The molecule has 0 heterocycles. The van der Waals surface area contributed by atoms with Crippen molar-refractivity contribution < 1.29 is 23.5 Å². The predicted octanol–water partition coefficient (Wildman–Crippen LogP) is 1.31. The monoisotopic (exact) mass is 256 g/mol. The summed E-state index contributed by atoms with van der Waals surface area (Å²) < 4.78 is 26.2. The van der Waals surface area contributed by atoms with Crippen molar-refractivity contribution in [3.05, 3.63) is 29.3 Å². The zero-order valence-electron chi connectivity index (χ0n) is 10.1. The number of hydrogen-bond donors (Lipinski definition) is 1. The first-order chi connectivity index (χ1) is 8.14. The molecule has 0 bridgehead atoms. The predicted molar refractivity (Wildman–Crippen MR) is 58.8 cm³/mol. The van der Waals surface area contributed by atoms with Gasteiger partial charge in [-0.05, 0) is 12.1 Å². The molecule has 0 fully saturated rings. The minimum Gasteiger partial charge on any atom is -0.545 e. The van der Waals surface area contributed by atoms with Crippen LogP contribution in [0, 0.1) is 17.0 Å². The number of carboxylic acids is 1. The molecule has 0 saturated heterocycles. The molecule has 0 aliphatic carbocycles. The number of halogens is 2. The normalized spacial score (nSPS) is 11.2. The molecule has 1 rings (SSSR count). The maximum Gasteiger partial charge on any atom is 0.229 e. The van der Waals surface area contributed by atoms with Crippen LogP contribution in [-0.2, 0) is 4.79 Å². The lowest BCUT2D eigenvalue weighted by atomic mass is 9.95. The first-order valence-corrected chi connectivity index (χ1v) is 5.15. The van der Waals surface area contributed by atoms with Gasteiger partial charge in [-0.15, -0.1) is 0 Å². The van der Waals surface area contributed by atoms with E-state index in [0.717, 1.165) is 12.1 Å². The molecule has 1 aromatic rings. The Morgan fingerprint density at radius 3 is 2.22 bits per heavy atom. The Bertz CT molecular complexity index is 507. The molecule has 0 saturated carbocycles. The maximum atomic E-state index is 13.3. The molecular formula is C12H12F2NO3-. The van der Waals surface area contributed by atoms with E-state index < -0.39 is 34.5 Å². The highest BCUT2D eigenvalue weighted by molar-refractivity contribution is 6.01. The Labute approximate surface area is 103 Å².